The summed E-state index contributed by atoms with van der Waals surface area (Å²) in [7, 11) is 0. The first-order valence-electron chi connectivity index (χ1n) is 2.85. The van der Waals surface area contributed by atoms with Gasteiger partial charge in [0.2, 0.25) is 0 Å². The van der Waals surface area contributed by atoms with Gasteiger partial charge in [0, 0.05) is 18.2 Å². The Morgan fingerprint density at radius 1 is 1.56 bits per heavy atom. The maximum atomic E-state index is 3.96. The second-order valence-electron chi connectivity index (χ2n) is 1.98. The molecule has 0 aliphatic heterocycles. The highest BCUT2D eigenvalue weighted by molar-refractivity contribution is 5.56. The molecule has 1 heterocycles. The Hall–Kier alpha value is -1.18. The van der Waals surface area contributed by atoms with Gasteiger partial charge in [-0.1, -0.05) is 12.2 Å². The zero-order chi connectivity index (χ0) is 6.10. The zero-order valence-electron chi connectivity index (χ0n) is 4.83. The summed E-state index contributed by atoms with van der Waals surface area (Å²) < 4.78 is 0. The Bertz CT molecular complexity index is 253. The normalized spacial score (nSPS) is 13.8. The minimum absolute atomic E-state index is 0.939. The van der Waals surface area contributed by atoms with Crippen LogP contribution >= 0.6 is 0 Å². The molecule has 0 unspecified atom stereocenters. The average Bonchev–Trinajstić information content (AvgIpc) is 2.33. The molecule has 0 fully saturated rings. The van der Waals surface area contributed by atoms with E-state index in [0.717, 1.165) is 17.7 Å². The molecule has 0 saturated carbocycles. The van der Waals surface area contributed by atoms with Crippen molar-refractivity contribution >= 4 is 6.08 Å². The van der Waals surface area contributed by atoms with Gasteiger partial charge in [0.05, 0.1) is 5.69 Å². The van der Waals surface area contributed by atoms with E-state index in [1.807, 2.05) is 6.08 Å². The van der Waals surface area contributed by atoms with Crippen molar-refractivity contribution in [2.75, 3.05) is 0 Å². The first-order chi connectivity index (χ1) is 4.47. The lowest BCUT2D eigenvalue weighted by Gasteiger charge is -1.90. The molecule has 43 valence electrons. The zero-order valence-corrected chi connectivity index (χ0v) is 4.83. The molecule has 1 aliphatic rings. The van der Waals surface area contributed by atoms with E-state index >= 15 is 0 Å². The van der Waals surface area contributed by atoms with E-state index in [2.05, 4.69) is 22.4 Å². The Morgan fingerprint density at radius 3 is 3.44 bits per heavy atom. The Kier molecular flexibility index (Phi) is 0.859. The molecule has 1 aliphatic carbocycles. The molecule has 9 heavy (non-hydrogen) atoms. The molecule has 2 rings (SSSR count). The number of aromatic nitrogens is 2. The van der Waals surface area contributed by atoms with Gasteiger partial charge < -0.3 is 0 Å². The van der Waals surface area contributed by atoms with Crippen LogP contribution in [0.1, 0.15) is 11.3 Å². The quantitative estimate of drug-likeness (QED) is 0.503. The second kappa shape index (κ2) is 1.65. The molecule has 0 bridgehead atoms. The summed E-state index contributed by atoms with van der Waals surface area (Å²) in [5, 5.41) is 0. The topological polar surface area (TPSA) is 25.8 Å². The molecule has 2 heteroatoms. The molecule has 0 atom stereocenters. The predicted octanol–water partition coefficient (Wildman–Crippen LogP) is 0.846. The van der Waals surface area contributed by atoms with Crippen LogP contribution in [0.4, 0.5) is 0 Å². The first kappa shape index (κ1) is 4.68. The SMILES string of the molecule is [c]1ncc2c(n1)CC=C2. The molecule has 0 spiro atoms. The summed E-state index contributed by atoms with van der Waals surface area (Å²) in [5.41, 5.74) is 2.22. The van der Waals surface area contributed by atoms with Gasteiger partial charge in [0.25, 0.3) is 0 Å². The van der Waals surface area contributed by atoms with Gasteiger partial charge in [0.1, 0.15) is 0 Å². The largest absolute Gasteiger partial charge is 0.233 e. The summed E-state index contributed by atoms with van der Waals surface area (Å²) in [4.78, 5) is 7.73. The van der Waals surface area contributed by atoms with Crippen LogP contribution < -0.4 is 0 Å². The number of nitrogens with zero attached hydrogens (tertiary/aromatic N) is 2. The number of fused-ring (bicyclic) bond motifs is 1. The second-order valence-corrected chi connectivity index (χ2v) is 1.98. The van der Waals surface area contributed by atoms with Crippen molar-refractivity contribution < 1.29 is 0 Å². The molecule has 0 saturated heterocycles. The third-order valence-electron chi connectivity index (χ3n) is 1.39. The lowest BCUT2D eigenvalue weighted by molar-refractivity contribution is 1.05. The van der Waals surface area contributed by atoms with Crippen molar-refractivity contribution in [3.8, 4) is 0 Å². The summed E-state index contributed by atoms with van der Waals surface area (Å²) >= 11 is 0. The van der Waals surface area contributed by atoms with Gasteiger partial charge >= 0.3 is 0 Å². The monoisotopic (exact) mass is 117 g/mol. The van der Waals surface area contributed by atoms with Crippen LogP contribution in [0, 0.1) is 6.33 Å². The predicted molar refractivity (Wildman–Crippen MR) is 33.6 cm³/mol. The average molecular weight is 117 g/mol. The number of rotatable bonds is 0. The van der Waals surface area contributed by atoms with Crippen LogP contribution in [-0.4, -0.2) is 9.97 Å². The summed E-state index contributed by atoms with van der Waals surface area (Å²) in [6.45, 7) is 0. The van der Waals surface area contributed by atoms with Gasteiger partial charge in [-0.25, -0.2) is 9.97 Å². The van der Waals surface area contributed by atoms with Crippen molar-refractivity contribution in [3.63, 3.8) is 0 Å². The highest BCUT2D eigenvalue weighted by atomic mass is 14.8. The molecule has 2 nitrogen and oxygen atoms in total. The molecular weight excluding hydrogens is 112 g/mol. The van der Waals surface area contributed by atoms with E-state index in [0.29, 0.717) is 0 Å². The van der Waals surface area contributed by atoms with Crippen molar-refractivity contribution in [1.29, 1.82) is 0 Å². The van der Waals surface area contributed by atoms with Crippen molar-refractivity contribution in [2.45, 2.75) is 6.42 Å². The molecule has 1 radical (unpaired) electrons. The fourth-order valence-electron chi connectivity index (χ4n) is 0.927. The Labute approximate surface area is 53.3 Å². The van der Waals surface area contributed by atoms with E-state index < -0.39 is 0 Å². The fraction of sp³-hybridized carbons (Fsp3) is 0.143. The number of hydrogen-bond acceptors (Lipinski definition) is 2. The summed E-state index contributed by atoms with van der Waals surface area (Å²) in [6, 6.07) is 0. The van der Waals surface area contributed by atoms with Gasteiger partial charge in [0.15, 0.2) is 6.33 Å². The number of hydrogen-bond donors (Lipinski definition) is 0. The highest BCUT2D eigenvalue weighted by Gasteiger charge is 2.03. The number of allylic oxidation sites excluding steroid dienone is 1. The molecule has 0 amide bonds. The molecule has 0 aromatic carbocycles. The molecule has 0 N–H and O–H groups in total. The van der Waals surface area contributed by atoms with E-state index in [4.69, 9.17) is 0 Å². The van der Waals surface area contributed by atoms with E-state index in [1.165, 1.54) is 0 Å². The third-order valence-corrected chi connectivity index (χ3v) is 1.39. The Morgan fingerprint density at radius 2 is 2.56 bits per heavy atom. The van der Waals surface area contributed by atoms with Crippen LogP contribution in [0.2, 0.25) is 0 Å². The van der Waals surface area contributed by atoms with Gasteiger partial charge in [-0.3, -0.25) is 0 Å². The summed E-state index contributed by atoms with van der Waals surface area (Å²) in [5.74, 6) is 0. The van der Waals surface area contributed by atoms with Crippen molar-refractivity contribution in [3.05, 3.63) is 29.9 Å². The smallest absolute Gasteiger partial charge is 0.197 e. The van der Waals surface area contributed by atoms with Crippen molar-refractivity contribution in [2.24, 2.45) is 0 Å². The van der Waals surface area contributed by atoms with Crippen LogP contribution in [0.25, 0.3) is 6.08 Å². The van der Waals surface area contributed by atoms with E-state index in [1.54, 1.807) is 6.20 Å². The minimum Gasteiger partial charge on any atom is -0.233 e. The molecule has 1 aromatic heterocycles. The Balaban J connectivity index is 2.63. The van der Waals surface area contributed by atoms with Gasteiger partial charge in [-0.15, -0.1) is 0 Å². The van der Waals surface area contributed by atoms with E-state index in [9.17, 15) is 0 Å². The standard InChI is InChI=1S/C7H5N2/c1-2-6-4-8-5-9-7(6)3-1/h1-2,4H,3H2. The summed E-state index contributed by atoms with van der Waals surface area (Å²) in [6.07, 6.45) is 9.38. The molecule has 1 aromatic rings. The van der Waals surface area contributed by atoms with Crippen LogP contribution in [0.5, 0.6) is 0 Å². The van der Waals surface area contributed by atoms with Crippen LogP contribution in [0.3, 0.4) is 0 Å². The highest BCUT2D eigenvalue weighted by Crippen LogP contribution is 2.13. The van der Waals surface area contributed by atoms with Crippen LogP contribution in [-0.2, 0) is 6.42 Å². The van der Waals surface area contributed by atoms with Crippen molar-refractivity contribution in [1.82, 2.24) is 9.97 Å². The molecular formula is C7H5N2. The van der Waals surface area contributed by atoms with Gasteiger partial charge in [-0.2, -0.15) is 0 Å². The van der Waals surface area contributed by atoms with E-state index in [-0.39, 0.29) is 0 Å². The lowest BCUT2D eigenvalue weighted by Crippen LogP contribution is -1.87. The first-order valence-corrected chi connectivity index (χ1v) is 2.85. The van der Waals surface area contributed by atoms with Gasteiger partial charge in [-0.05, 0) is 0 Å². The van der Waals surface area contributed by atoms with Crippen LogP contribution in [0.15, 0.2) is 12.3 Å². The third kappa shape index (κ3) is 0.633. The maximum Gasteiger partial charge on any atom is 0.197 e. The minimum atomic E-state index is 0.939. The lowest BCUT2D eigenvalue weighted by atomic mass is 10.3. The maximum absolute atomic E-state index is 3.96. The fourth-order valence-corrected chi connectivity index (χ4v) is 0.927.